The molecule has 7 nitrogen and oxygen atoms in total. The first-order chi connectivity index (χ1) is 8.89. The van der Waals surface area contributed by atoms with E-state index in [4.69, 9.17) is 8.97 Å². The fraction of sp³-hybridized carbons (Fsp3) is 0.182. The Hall–Kier alpha value is -1.90. The summed E-state index contributed by atoms with van der Waals surface area (Å²) in [4.78, 5) is 17.4. The molecule has 0 amide bonds. The van der Waals surface area contributed by atoms with Crippen LogP contribution in [-0.2, 0) is 16.7 Å². The van der Waals surface area contributed by atoms with E-state index in [0.717, 1.165) is 10.9 Å². The van der Waals surface area contributed by atoms with Crippen LogP contribution in [0.1, 0.15) is 12.5 Å². The Bertz CT molecular complexity index is 764. The van der Waals surface area contributed by atoms with Crippen molar-refractivity contribution in [2.24, 2.45) is 0 Å². The lowest BCUT2D eigenvalue weighted by atomic mass is 10.1. The molecule has 0 radical (unpaired) electrons. The van der Waals surface area contributed by atoms with Crippen LogP contribution in [0, 0.1) is 0 Å². The van der Waals surface area contributed by atoms with Gasteiger partial charge in [0.1, 0.15) is 5.58 Å². The minimum atomic E-state index is -4.46. The van der Waals surface area contributed by atoms with Crippen LogP contribution in [-0.4, -0.2) is 13.0 Å². The number of hydrogen-bond donors (Lipinski definition) is 2. The molecule has 1 aromatic carbocycles. The summed E-state index contributed by atoms with van der Waals surface area (Å²) < 4.78 is 34.4. The molecular weight excluding hydrogens is 274 g/mol. The van der Waals surface area contributed by atoms with Crippen molar-refractivity contribution < 1.29 is 22.2 Å². The number of fused-ring (bicyclic) bond motifs is 1. The van der Waals surface area contributed by atoms with E-state index >= 15 is 0 Å². The Kier molecular flexibility index (Phi) is 3.56. The summed E-state index contributed by atoms with van der Waals surface area (Å²) in [7, 11) is -4.46. The van der Waals surface area contributed by atoms with Crippen LogP contribution in [0.5, 0.6) is 5.75 Å². The fourth-order valence-electron chi connectivity index (χ4n) is 1.67. The zero-order valence-corrected chi connectivity index (χ0v) is 10.7. The third kappa shape index (κ3) is 3.31. The van der Waals surface area contributed by atoms with E-state index in [1.165, 1.54) is 23.1 Å². The average Bonchev–Trinajstić information content (AvgIpc) is 2.34. The van der Waals surface area contributed by atoms with Gasteiger partial charge in [0.15, 0.2) is 5.75 Å². The molecule has 0 saturated carbocycles. The van der Waals surface area contributed by atoms with Gasteiger partial charge in [-0.05, 0) is 29.0 Å². The van der Waals surface area contributed by atoms with E-state index in [9.17, 15) is 13.2 Å². The van der Waals surface area contributed by atoms with Crippen molar-refractivity contribution in [1.29, 1.82) is 0 Å². The second kappa shape index (κ2) is 5.00. The third-order valence-corrected chi connectivity index (χ3v) is 2.74. The van der Waals surface area contributed by atoms with Gasteiger partial charge in [-0.15, -0.1) is 0 Å². The molecule has 0 aliphatic rings. The normalized spacial score (nSPS) is 11.7. The highest BCUT2D eigenvalue weighted by Crippen LogP contribution is 2.22. The molecule has 0 spiro atoms. The molecule has 0 aliphatic heterocycles. The second-order valence-electron chi connectivity index (χ2n) is 3.76. The van der Waals surface area contributed by atoms with Crippen LogP contribution >= 0.6 is 0 Å². The predicted molar refractivity (Wildman–Crippen MR) is 67.2 cm³/mol. The Morgan fingerprint density at radius 1 is 1.37 bits per heavy atom. The molecular formula is C11H11NO6S. The monoisotopic (exact) mass is 285 g/mol. The lowest BCUT2D eigenvalue weighted by Crippen LogP contribution is -2.26. The van der Waals surface area contributed by atoms with Gasteiger partial charge in [0.05, 0.1) is 0 Å². The minimum Gasteiger partial charge on any atom is -0.423 e. The Morgan fingerprint density at radius 2 is 2.11 bits per heavy atom. The number of aryl methyl sites for hydroxylation is 1. The maximum Gasteiger partial charge on any atom is 0.364 e. The van der Waals surface area contributed by atoms with Crippen LogP contribution in [0.15, 0.2) is 33.5 Å². The van der Waals surface area contributed by atoms with Crippen LogP contribution in [0.2, 0.25) is 0 Å². The van der Waals surface area contributed by atoms with Crippen molar-refractivity contribution in [2.45, 2.75) is 13.3 Å². The van der Waals surface area contributed by atoms with Crippen LogP contribution in [0.4, 0.5) is 0 Å². The summed E-state index contributed by atoms with van der Waals surface area (Å²) in [6.45, 7) is 1.90. The van der Waals surface area contributed by atoms with Gasteiger partial charge in [-0.25, -0.2) is 4.79 Å². The van der Waals surface area contributed by atoms with Crippen molar-refractivity contribution in [2.75, 3.05) is 0 Å². The van der Waals surface area contributed by atoms with Crippen LogP contribution in [0.3, 0.4) is 0 Å². The topological polar surface area (TPSA) is 106 Å². The van der Waals surface area contributed by atoms with E-state index in [-0.39, 0.29) is 11.3 Å². The Balaban J connectivity index is 2.43. The Morgan fingerprint density at radius 3 is 2.74 bits per heavy atom. The SMILES string of the molecule is CCc1cc(=O)oc2cc(ONS(=O)(=O)O)ccc12. The molecule has 0 atom stereocenters. The van der Waals surface area contributed by atoms with E-state index in [0.29, 0.717) is 6.42 Å². The van der Waals surface area contributed by atoms with E-state index in [2.05, 4.69) is 4.84 Å². The molecule has 2 aromatic rings. The molecule has 0 unspecified atom stereocenters. The first kappa shape index (κ1) is 13.5. The van der Waals surface area contributed by atoms with Crippen LogP contribution < -0.4 is 15.3 Å². The smallest absolute Gasteiger partial charge is 0.364 e. The molecule has 1 heterocycles. The molecule has 0 bridgehead atoms. The first-order valence-electron chi connectivity index (χ1n) is 5.37. The summed E-state index contributed by atoms with van der Waals surface area (Å²) >= 11 is 0. The molecule has 2 rings (SSSR count). The minimum absolute atomic E-state index is 0.0847. The zero-order chi connectivity index (χ0) is 14.0. The molecule has 19 heavy (non-hydrogen) atoms. The van der Waals surface area contributed by atoms with Crippen molar-refractivity contribution in [3.05, 3.63) is 40.2 Å². The van der Waals surface area contributed by atoms with Gasteiger partial charge in [0.2, 0.25) is 0 Å². The van der Waals surface area contributed by atoms with Gasteiger partial charge in [0.25, 0.3) is 0 Å². The van der Waals surface area contributed by atoms with Gasteiger partial charge in [0, 0.05) is 17.5 Å². The largest absolute Gasteiger partial charge is 0.423 e. The molecule has 2 N–H and O–H groups in total. The third-order valence-electron chi connectivity index (χ3n) is 2.45. The standard InChI is InChI=1S/C11H11NO6S/c1-2-7-5-11(13)17-10-6-8(3-4-9(7)10)18-12-19(14,15)16/h3-6,12H,2H2,1H3,(H,14,15,16). The highest BCUT2D eigenvalue weighted by atomic mass is 32.2. The van der Waals surface area contributed by atoms with Gasteiger partial charge in [-0.2, -0.15) is 8.42 Å². The molecule has 8 heteroatoms. The molecule has 0 fully saturated rings. The van der Waals surface area contributed by atoms with Crippen molar-refractivity contribution in [3.8, 4) is 5.75 Å². The van der Waals surface area contributed by atoms with Crippen LogP contribution in [0.25, 0.3) is 11.0 Å². The lowest BCUT2D eigenvalue weighted by molar-refractivity contribution is 0.251. The summed E-state index contributed by atoms with van der Waals surface area (Å²) in [5, 5.41) is 0.737. The zero-order valence-electron chi connectivity index (χ0n) is 9.91. The number of nitrogens with one attached hydrogen (secondary N) is 1. The van der Waals surface area contributed by atoms with Gasteiger partial charge in [-0.3, -0.25) is 4.55 Å². The Labute approximate surface area is 108 Å². The van der Waals surface area contributed by atoms with Gasteiger partial charge >= 0.3 is 15.9 Å². The van der Waals surface area contributed by atoms with E-state index in [1.807, 2.05) is 6.92 Å². The summed E-state index contributed by atoms with van der Waals surface area (Å²) in [5.41, 5.74) is 0.601. The summed E-state index contributed by atoms with van der Waals surface area (Å²) in [6.07, 6.45) is 0.658. The molecule has 0 aliphatic carbocycles. The average molecular weight is 285 g/mol. The van der Waals surface area contributed by atoms with Crippen molar-refractivity contribution in [3.63, 3.8) is 0 Å². The molecule has 1 aromatic heterocycles. The molecule has 102 valence electrons. The first-order valence-corrected chi connectivity index (χ1v) is 6.81. The second-order valence-corrected chi connectivity index (χ2v) is 4.88. The van der Waals surface area contributed by atoms with E-state index in [1.54, 1.807) is 6.07 Å². The highest BCUT2D eigenvalue weighted by Gasteiger charge is 2.08. The van der Waals surface area contributed by atoms with Crippen molar-refractivity contribution >= 4 is 21.3 Å². The van der Waals surface area contributed by atoms with Crippen molar-refractivity contribution in [1.82, 2.24) is 4.89 Å². The quantitative estimate of drug-likeness (QED) is 0.494. The fourth-order valence-corrected chi connectivity index (χ4v) is 1.87. The predicted octanol–water partition coefficient (Wildman–Crippen LogP) is 1.04. The number of benzene rings is 1. The number of rotatable bonds is 4. The number of hydrogen-bond acceptors (Lipinski definition) is 5. The van der Waals surface area contributed by atoms with Gasteiger partial charge < -0.3 is 9.25 Å². The maximum atomic E-state index is 11.3. The maximum absolute atomic E-state index is 11.3. The summed E-state index contributed by atoms with van der Waals surface area (Å²) in [5.74, 6) is 0.0847. The summed E-state index contributed by atoms with van der Waals surface area (Å²) in [6, 6.07) is 5.88. The van der Waals surface area contributed by atoms with E-state index < -0.39 is 15.9 Å². The lowest BCUT2D eigenvalue weighted by Gasteiger charge is -2.06. The van der Waals surface area contributed by atoms with Gasteiger partial charge in [-0.1, -0.05) is 6.92 Å². The molecule has 0 saturated heterocycles. The highest BCUT2D eigenvalue weighted by molar-refractivity contribution is 7.83.